The second-order valence-electron chi connectivity index (χ2n) is 9.75. The number of carboxylic acid groups (broad SMARTS) is 1. The number of ether oxygens (including phenoxy) is 1. The number of carbonyl (C=O) groups excluding carboxylic acids is 2. The number of carboxylic acids is 1. The van der Waals surface area contributed by atoms with Crippen molar-refractivity contribution in [2.45, 2.75) is 38.5 Å². The standard InChI is InChI=1S/C29H33N9O5/c1-38(16-20-15-33-25-23(34-20)24(30)36-28(31)37-25)21-12-10-19(11-13-21)26(39)35-22(27(40)41)9-5-6-14-32-29(42)43-17-18-7-3-2-4-8-18/h2-4,7-8,10-13,15,22H,5-6,9,14,16-17H2,1H3,(H,32,42)(H,35,39)(H,40,41)(H4,30,31,33,36,37)/t22-/m0/s1. The van der Waals surface area contributed by atoms with E-state index in [2.05, 4.69) is 30.6 Å². The summed E-state index contributed by atoms with van der Waals surface area (Å²) >= 11 is 0. The smallest absolute Gasteiger partial charge is 0.407 e. The normalized spacial score (nSPS) is 11.5. The Balaban J connectivity index is 1.22. The van der Waals surface area contributed by atoms with Crippen molar-refractivity contribution < 1.29 is 24.2 Å². The number of nitrogen functional groups attached to an aromatic ring is 2. The average molecular weight is 588 g/mol. The number of benzene rings is 2. The van der Waals surface area contributed by atoms with Gasteiger partial charge >= 0.3 is 12.1 Å². The number of aliphatic carboxylic acids is 1. The highest BCUT2D eigenvalue weighted by Crippen LogP contribution is 2.19. The lowest BCUT2D eigenvalue weighted by atomic mass is 10.1. The zero-order valence-corrected chi connectivity index (χ0v) is 23.6. The molecule has 0 radical (unpaired) electrons. The van der Waals surface area contributed by atoms with Crippen LogP contribution in [0.5, 0.6) is 0 Å². The number of fused-ring (bicyclic) bond motifs is 1. The highest BCUT2D eigenvalue weighted by atomic mass is 16.5. The summed E-state index contributed by atoms with van der Waals surface area (Å²) in [6.45, 7) is 0.875. The number of hydrogen-bond donors (Lipinski definition) is 5. The summed E-state index contributed by atoms with van der Waals surface area (Å²) in [6.07, 6.45) is 2.24. The monoisotopic (exact) mass is 587 g/mol. The number of amides is 2. The van der Waals surface area contributed by atoms with Crippen LogP contribution >= 0.6 is 0 Å². The average Bonchev–Trinajstić information content (AvgIpc) is 3.00. The highest BCUT2D eigenvalue weighted by molar-refractivity contribution is 5.96. The van der Waals surface area contributed by atoms with Crippen molar-refractivity contribution in [3.8, 4) is 0 Å². The van der Waals surface area contributed by atoms with E-state index in [1.807, 2.05) is 42.3 Å². The number of aromatic nitrogens is 4. The fraction of sp³-hybridized carbons (Fsp3) is 0.276. The van der Waals surface area contributed by atoms with Gasteiger partial charge in [-0.2, -0.15) is 9.97 Å². The Kier molecular flexibility index (Phi) is 10.2. The summed E-state index contributed by atoms with van der Waals surface area (Å²) in [4.78, 5) is 54.9. The summed E-state index contributed by atoms with van der Waals surface area (Å²) in [7, 11) is 1.85. The van der Waals surface area contributed by atoms with Crippen LogP contribution in [0.1, 0.15) is 40.9 Å². The predicted molar refractivity (Wildman–Crippen MR) is 160 cm³/mol. The Bertz CT molecular complexity index is 1570. The molecule has 0 spiro atoms. The van der Waals surface area contributed by atoms with Crippen LogP contribution < -0.4 is 27.0 Å². The van der Waals surface area contributed by atoms with Gasteiger partial charge in [-0.1, -0.05) is 30.3 Å². The summed E-state index contributed by atoms with van der Waals surface area (Å²) in [5.41, 5.74) is 14.8. The van der Waals surface area contributed by atoms with E-state index in [1.54, 1.807) is 30.5 Å². The zero-order valence-electron chi connectivity index (χ0n) is 23.6. The van der Waals surface area contributed by atoms with Gasteiger partial charge in [0.2, 0.25) is 5.95 Å². The van der Waals surface area contributed by atoms with E-state index in [0.717, 1.165) is 11.3 Å². The summed E-state index contributed by atoms with van der Waals surface area (Å²) in [5, 5.41) is 14.8. The zero-order chi connectivity index (χ0) is 30.8. The summed E-state index contributed by atoms with van der Waals surface area (Å²) in [6, 6.07) is 15.0. The van der Waals surface area contributed by atoms with Crippen LogP contribution in [0.15, 0.2) is 60.8 Å². The van der Waals surface area contributed by atoms with Crippen molar-refractivity contribution in [2.75, 3.05) is 30.0 Å². The number of nitrogens with two attached hydrogens (primary N) is 2. The van der Waals surface area contributed by atoms with Gasteiger partial charge in [0, 0.05) is 24.8 Å². The maximum absolute atomic E-state index is 12.8. The molecular formula is C29H33N9O5. The lowest BCUT2D eigenvalue weighted by molar-refractivity contribution is -0.139. The Morgan fingerprint density at radius 1 is 1.00 bits per heavy atom. The quantitative estimate of drug-likeness (QED) is 0.143. The molecule has 2 amide bonds. The molecule has 224 valence electrons. The Morgan fingerprint density at radius 3 is 2.47 bits per heavy atom. The van der Waals surface area contributed by atoms with Crippen LogP contribution in [0.2, 0.25) is 0 Å². The first kappa shape index (κ1) is 30.4. The molecule has 0 saturated carbocycles. The number of unbranched alkanes of at least 4 members (excludes halogenated alkanes) is 1. The van der Waals surface area contributed by atoms with E-state index in [-0.39, 0.29) is 24.8 Å². The number of nitrogens with zero attached hydrogens (tertiary/aromatic N) is 5. The van der Waals surface area contributed by atoms with Crippen LogP contribution in [0.25, 0.3) is 11.2 Å². The molecular weight excluding hydrogens is 554 g/mol. The molecule has 2 heterocycles. The first-order chi connectivity index (χ1) is 20.7. The van der Waals surface area contributed by atoms with Crippen molar-refractivity contribution in [1.29, 1.82) is 0 Å². The second-order valence-corrected chi connectivity index (χ2v) is 9.75. The number of carbonyl (C=O) groups is 3. The largest absolute Gasteiger partial charge is 0.480 e. The van der Waals surface area contributed by atoms with E-state index in [9.17, 15) is 19.5 Å². The molecule has 4 aromatic rings. The molecule has 2 aromatic heterocycles. The molecule has 0 unspecified atom stereocenters. The lowest BCUT2D eigenvalue weighted by Gasteiger charge is -2.19. The van der Waals surface area contributed by atoms with E-state index < -0.39 is 24.0 Å². The molecule has 0 fully saturated rings. The van der Waals surface area contributed by atoms with Gasteiger partial charge in [-0.05, 0) is 49.1 Å². The molecule has 4 rings (SSSR count). The summed E-state index contributed by atoms with van der Waals surface area (Å²) in [5.74, 6) is -1.47. The van der Waals surface area contributed by atoms with Gasteiger partial charge in [-0.25, -0.2) is 19.6 Å². The topological polar surface area (TPSA) is 212 Å². The van der Waals surface area contributed by atoms with Gasteiger partial charge in [0.05, 0.1) is 18.4 Å². The third-order valence-corrected chi connectivity index (χ3v) is 6.48. The Labute approximate surface area is 247 Å². The first-order valence-corrected chi connectivity index (χ1v) is 13.5. The second kappa shape index (κ2) is 14.4. The molecule has 0 aliphatic rings. The van der Waals surface area contributed by atoms with E-state index in [4.69, 9.17) is 16.2 Å². The van der Waals surface area contributed by atoms with Crippen LogP contribution in [-0.2, 0) is 22.7 Å². The molecule has 0 saturated heterocycles. The molecule has 14 heteroatoms. The van der Waals surface area contributed by atoms with E-state index in [0.29, 0.717) is 48.4 Å². The van der Waals surface area contributed by atoms with Crippen molar-refractivity contribution in [3.05, 3.63) is 77.6 Å². The van der Waals surface area contributed by atoms with Crippen molar-refractivity contribution >= 4 is 46.6 Å². The maximum atomic E-state index is 12.8. The molecule has 43 heavy (non-hydrogen) atoms. The van der Waals surface area contributed by atoms with E-state index in [1.165, 1.54) is 0 Å². The van der Waals surface area contributed by atoms with Gasteiger partial charge in [-0.3, -0.25) is 4.79 Å². The van der Waals surface area contributed by atoms with E-state index >= 15 is 0 Å². The minimum Gasteiger partial charge on any atom is -0.480 e. The number of anilines is 3. The Hall–Kier alpha value is -5.53. The fourth-order valence-electron chi connectivity index (χ4n) is 4.20. The van der Waals surface area contributed by atoms with Gasteiger partial charge in [-0.15, -0.1) is 0 Å². The van der Waals surface area contributed by atoms with Crippen LogP contribution in [-0.4, -0.2) is 62.6 Å². The minimum atomic E-state index is -1.13. The van der Waals surface area contributed by atoms with Gasteiger partial charge in [0.1, 0.15) is 12.6 Å². The predicted octanol–water partition coefficient (Wildman–Crippen LogP) is 2.50. The number of nitrogens with one attached hydrogen (secondary N) is 2. The molecule has 14 nitrogen and oxygen atoms in total. The van der Waals surface area contributed by atoms with Crippen molar-refractivity contribution in [2.24, 2.45) is 0 Å². The number of rotatable bonds is 13. The molecule has 0 aliphatic heterocycles. The van der Waals surface area contributed by atoms with Gasteiger partial charge in [0.25, 0.3) is 5.91 Å². The van der Waals surface area contributed by atoms with Gasteiger partial charge in [0.15, 0.2) is 17.0 Å². The van der Waals surface area contributed by atoms with Crippen molar-refractivity contribution in [3.63, 3.8) is 0 Å². The minimum absolute atomic E-state index is 0.0224. The molecule has 7 N–H and O–H groups in total. The third kappa shape index (κ3) is 8.73. The SMILES string of the molecule is CN(Cc1cnc2nc(N)nc(N)c2n1)c1ccc(C(=O)N[C@@H](CCCCNC(=O)OCc2ccccc2)C(=O)O)cc1. The molecule has 0 bridgehead atoms. The fourth-order valence-corrected chi connectivity index (χ4v) is 4.20. The first-order valence-electron chi connectivity index (χ1n) is 13.5. The Morgan fingerprint density at radius 2 is 1.74 bits per heavy atom. The van der Waals surface area contributed by atoms with Gasteiger partial charge < -0.3 is 36.8 Å². The molecule has 0 aliphatic carbocycles. The molecule has 1 atom stereocenters. The van der Waals surface area contributed by atoms with Crippen LogP contribution in [0.3, 0.4) is 0 Å². The lowest BCUT2D eigenvalue weighted by Crippen LogP contribution is -2.40. The highest BCUT2D eigenvalue weighted by Gasteiger charge is 2.20. The number of hydrogen-bond acceptors (Lipinski definition) is 11. The number of alkyl carbamates (subject to hydrolysis) is 1. The third-order valence-electron chi connectivity index (χ3n) is 6.48. The van der Waals surface area contributed by atoms with Crippen LogP contribution in [0, 0.1) is 0 Å². The molecule has 2 aromatic carbocycles. The van der Waals surface area contributed by atoms with Crippen molar-refractivity contribution in [1.82, 2.24) is 30.6 Å². The maximum Gasteiger partial charge on any atom is 0.407 e. The van der Waals surface area contributed by atoms with Crippen LogP contribution in [0.4, 0.5) is 22.2 Å². The summed E-state index contributed by atoms with van der Waals surface area (Å²) < 4.78 is 5.15.